The van der Waals surface area contributed by atoms with E-state index in [-0.39, 0.29) is 11.9 Å². The Morgan fingerprint density at radius 1 is 1.04 bits per heavy atom. The van der Waals surface area contributed by atoms with Gasteiger partial charge in [-0.1, -0.05) is 60.1 Å². The highest BCUT2D eigenvalue weighted by atomic mass is 79.9. The van der Waals surface area contributed by atoms with E-state index in [2.05, 4.69) is 35.1 Å². The highest BCUT2D eigenvalue weighted by Gasteiger charge is 2.21. The third-order valence-corrected chi connectivity index (χ3v) is 4.25. The molecule has 1 N–H and O–H groups in total. The maximum absolute atomic E-state index is 12.5. The third-order valence-electron chi connectivity index (χ3n) is 3.72. The SMILES string of the molecule is CC(C)C[C@H](NC(=O)[C@@H](C)Oc1ccc(Br)cc1)c1ccccc1. The van der Waals surface area contributed by atoms with Crippen molar-refractivity contribution in [1.82, 2.24) is 5.32 Å². The van der Waals surface area contributed by atoms with E-state index in [1.54, 1.807) is 6.92 Å². The summed E-state index contributed by atoms with van der Waals surface area (Å²) in [5.74, 6) is 1.06. The maximum Gasteiger partial charge on any atom is 0.261 e. The van der Waals surface area contributed by atoms with Gasteiger partial charge >= 0.3 is 0 Å². The molecule has 0 aliphatic carbocycles. The van der Waals surface area contributed by atoms with Crippen LogP contribution < -0.4 is 10.1 Å². The van der Waals surface area contributed by atoms with Crippen molar-refractivity contribution in [2.75, 3.05) is 0 Å². The summed E-state index contributed by atoms with van der Waals surface area (Å²) in [4.78, 5) is 12.5. The van der Waals surface area contributed by atoms with Crippen molar-refractivity contribution in [3.05, 3.63) is 64.6 Å². The first-order valence-electron chi connectivity index (χ1n) is 8.23. The highest BCUT2D eigenvalue weighted by molar-refractivity contribution is 9.10. The van der Waals surface area contributed by atoms with E-state index in [9.17, 15) is 4.79 Å². The number of rotatable bonds is 7. The van der Waals surface area contributed by atoms with E-state index >= 15 is 0 Å². The summed E-state index contributed by atoms with van der Waals surface area (Å²) in [7, 11) is 0. The summed E-state index contributed by atoms with van der Waals surface area (Å²) >= 11 is 3.39. The predicted octanol–water partition coefficient (Wildman–Crippen LogP) is 5.12. The molecule has 0 heterocycles. The topological polar surface area (TPSA) is 38.3 Å². The van der Waals surface area contributed by atoms with E-state index in [0.717, 1.165) is 16.5 Å². The molecule has 2 aromatic rings. The molecule has 0 bridgehead atoms. The second-order valence-electron chi connectivity index (χ2n) is 6.32. The Bertz CT molecular complexity index is 640. The lowest BCUT2D eigenvalue weighted by atomic mass is 9.97. The number of nitrogens with one attached hydrogen (secondary N) is 1. The van der Waals surface area contributed by atoms with Crippen LogP contribution in [-0.4, -0.2) is 12.0 Å². The number of halogens is 1. The number of ether oxygens (including phenoxy) is 1. The van der Waals surface area contributed by atoms with Gasteiger partial charge in [0.15, 0.2) is 6.10 Å². The van der Waals surface area contributed by atoms with Crippen molar-refractivity contribution in [2.24, 2.45) is 5.92 Å². The number of hydrogen-bond donors (Lipinski definition) is 1. The minimum atomic E-state index is -0.551. The Hall–Kier alpha value is -1.81. The maximum atomic E-state index is 12.5. The molecule has 128 valence electrons. The molecule has 1 amide bonds. The molecule has 4 heteroatoms. The van der Waals surface area contributed by atoms with Crippen LogP contribution in [0.1, 0.15) is 38.8 Å². The van der Waals surface area contributed by atoms with Gasteiger partial charge < -0.3 is 10.1 Å². The molecule has 0 saturated carbocycles. The zero-order valence-corrected chi connectivity index (χ0v) is 15.9. The third kappa shape index (κ3) is 5.68. The first-order chi connectivity index (χ1) is 11.5. The minimum absolute atomic E-state index is 0.00494. The van der Waals surface area contributed by atoms with Gasteiger partial charge in [-0.05, 0) is 49.1 Å². The van der Waals surface area contributed by atoms with E-state index in [1.165, 1.54) is 0 Å². The Kier molecular flexibility index (Phi) is 6.85. The lowest BCUT2D eigenvalue weighted by Crippen LogP contribution is -2.39. The molecule has 2 aromatic carbocycles. The Labute approximate surface area is 152 Å². The average molecular weight is 390 g/mol. The summed E-state index contributed by atoms with van der Waals surface area (Å²) in [5.41, 5.74) is 1.12. The van der Waals surface area contributed by atoms with Gasteiger partial charge in [0.25, 0.3) is 5.91 Å². The van der Waals surface area contributed by atoms with Crippen LogP contribution in [0.3, 0.4) is 0 Å². The predicted molar refractivity (Wildman–Crippen MR) is 101 cm³/mol. The number of amides is 1. The van der Waals surface area contributed by atoms with Gasteiger partial charge in [0.2, 0.25) is 0 Å². The smallest absolute Gasteiger partial charge is 0.261 e. The largest absolute Gasteiger partial charge is 0.481 e. The van der Waals surface area contributed by atoms with E-state index < -0.39 is 6.10 Å². The molecule has 24 heavy (non-hydrogen) atoms. The number of benzene rings is 2. The van der Waals surface area contributed by atoms with Crippen LogP contribution in [0.4, 0.5) is 0 Å². The fourth-order valence-electron chi connectivity index (χ4n) is 2.49. The normalized spacial score (nSPS) is 13.4. The first-order valence-corrected chi connectivity index (χ1v) is 9.02. The van der Waals surface area contributed by atoms with Gasteiger partial charge in [0, 0.05) is 4.47 Å². The van der Waals surface area contributed by atoms with Crippen molar-refractivity contribution in [2.45, 2.75) is 39.3 Å². The summed E-state index contributed by atoms with van der Waals surface area (Å²) in [6.45, 7) is 6.09. The van der Waals surface area contributed by atoms with Gasteiger partial charge in [0.05, 0.1) is 6.04 Å². The van der Waals surface area contributed by atoms with Crippen molar-refractivity contribution in [1.29, 1.82) is 0 Å². The average Bonchev–Trinajstić information content (AvgIpc) is 2.56. The lowest BCUT2D eigenvalue weighted by molar-refractivity contribution is -0.128. The fourth-order valence-corrected chi connectivity index (χ4v) is 2.76. The molecule has 0 aliphatic rings. The molecule has 0 radical (unpaired) electrons. The molecule has 3 nitrogen and oxygen atoms in total. The van der Waals surface area contributed by atoms with E-state index in [1.807, 2.05) is 54.6 Å². The zero-order valence-electron chi connectivity index (χ0n) is 14.3. The molecular formula is C20H24BrNO2. The Morgan fingerprint density at radius 3 is 2.25 bits per heavy atom. The molecule has 0 aliphatic heterocycles. The molecular weight excluding hydrogens is 366 g/mol. The first kappa shape index (κ1) is 18.5. The van der Waals surface area contributed by atoms with Crippen LogP contribution in [-0.2, 0) is 4.79 Å². The summed E-state index contributed by atoms with van der Waals surface area (Å²) in [6.07, 6.45) is 0.338. The van der Waals surface area contributed by atoms with Crippen LogP contribution >= 0.6 is 15.9 Å². The van der Waals surface area contributed by atoms with Crippen LogP contribution in [0.5, 0.6) is 5.75 Å². The summed E-state index contributed by atoms with van der Waals surface area (Å²) in [6, 6.07) is 17.5. The quantitative estimate of drug-likeness (QED) is 0.713. The standard InChI is InChI=1S/C20H24BrNO2/c1-14(2)13-19(16-7-5-4-6-8-16)22-20(23)15(3)24-18-11-9-17(21)10-12-18/h4-12,14-15,19H,13H2,1-3H3,(H,22,23)/t15-,19+/m1/s1. The van der Waals surface area contributed by atoms with Crippen molar-refractivity contribution in [3.8, 4) is 5.75 Å². The zero-order chi connectivity index (χ0) is 17.5. The van der Waals surface area contributed by atoms with Crippen molar-refractivity contribution in [3.63, 3.8) is 0 Å². The molecule has 2 rings (SSSR count). The van der Waals surface area contributed by atoms with Gasteiger partial charge in [-0.25, -0.2) is 0 Å². The van der Waals surface area contributed by atoms with Crippen LogP contribution in [0.25, 0.3) is 0 Å². The fraction of sp³-hybridized carbons (Fsp3) is 0.350. The summed E-state index contributed by atoms with van der Waals surface area (Å²) < 4.78 is 6.72. The summed E-state index contributed by atoms with van der Waals surface area (Å²) in [5, 5.41) is 3.12. The molecule has 0 aromatic heterocycles. The van der Waals surface area contributed by atoms with Crippen LogP contribution in [0.15, 0.2) is 59.1 Å². The molecule has 0 fully saturated rings. The van der Waals surface area contributed by atoms with Crippen molar-refractivity contribution >= 4 is 21.8 Å². The molecule has 0 spiro atoms. The number of hydrogen-bond acceptors (Lipinski definition) is 2. The van der Waals surface area contributed by atoms with E-state index in [0.29, 0.717) is 11.7 Å². The number of carbonyl (C=O) groups excluding carboxylic acids is 1. The van der Waals surface area contributed by atoms with Gasteiger partial charge in [0.1, 0.15) is 5.75 Å². The lowest BCUT2D eigenvalue weighted by Gasteiger charge is -2.23. The van der Waals surface area contributed by atoms with Gasteiger partial charge in [-0.2, -0.15) is 0 Å². The van der Waals surface area contributed by atoms with E-state index in [4.69, 9.17) is 4.74 Å². The second-order valence-corrected chi connectivity index (χ2v) is 7.23. The van der Waals surface area contributed by atoms with Gasteiger partial charge in [-0.15, -0.1) is 0 Å². The Balaban J connectivity index is 2.02. The van der Waals surface area contributed by atoms with Gasteiger partial charge in [-0.3, -0.25) is 4.79 Å². The molecule has 0 unspecified atom stereocenters. The van der Waals surface area contributed by atoms with Crippen LogP contribution in [0, 0.1) is 5.92 Å². The number of carbonyl (C=O) groups is 1. The molecule has 0 saturated heterocycles. The minimum Gasteiger partial charge on any atom is -0.481 e. The van der Waals surface area contributed by atoms with Crippen LogP contribution in [0.2, 0.25) is 0 Å². The monoisotopic (exact) mass is 389 g/mol. The highest BCUT2D eigenvalue weighted by Crippen LogP contribution is 2.22. The Morgan fingerprint density at radius 2 is 1.67 bits per heavy atom. The van der Waals surface area contributed by atoms with Crippen molar-refractivity contribution < 1.29 is 9.53 Å². The molecule has 2 atom stereocenters. The second kappa shape index (κ2) is 8.88.